The van der Waals surface area contributed by atoms with E-state index in [-0.39, 0.29) is 11.3 Å². The van der Waals surface area contributed by atoms with Crippen LogP contribution in [-0.4, -0.2) is 15.3 Å². The summed E-state index contributed by atoms with van der Waals surface area (Å²) >= 11 is 1.30. The van der Waals surface area contributed by atoms with Gasteiger partial charge < -0.3 is 0 Å². The lowest BCUT2D eigenvalue weighted by Gasteiger charge is -2.05. The van der Waals surface area contributed by atoms with Gasteiger partial charge in [0.15, 0.2) is 5.78 Å². The van der Waals surface area contributed by atoms with E-state index in [1.165, 1.54) is 23.8 Å². The van der Waals surface area contributed by atoms with Gasteiger partial charge in [0.2, 0.25) is 0 Å². The fraction of sp³-hybridized carbons (Fsp3) is 0.235. The third kappa shape index (κ3) is 2.60. The Morgan fingerprint density at radius 3 is 2.68 bits per heavy atom. The third-order valence-corrected chi connectivity index (χ3v) is 5.02. The molecule has 0 fully saturated rings. The number of Topliss-reactive ketones (excluding diaryl/α,β-unsaturated/α-hetero) is 1. The first-order chi connectivity index (χ1) is 10.6. The number of fused-ring (bicyclic) bond motifs is 1. The van der Waals surface area contributed by atoms with E-state index in [0.717, 1.165) is 12.0 Å². The summed E-state index contributed by atoms with van der Waals surface area (Å²) in [5.41, 5.74) is 1.86. The second-order valence-corrected chi connectivity index (χ2v) is 6.27. The monoisotopic (exact) mass is 312 g/mol. The van der Waals surface area contributed by atoms with Gasteiger partial charge in [0.1, 0.15) is 4.83 Å². The van der Waals surface area contributed by atoms with Crippen LogP contribution in [0.3, 0.4) is 0 Å². The van der Waals surface area contributed by atoms with Crippen molar-refractivity contribution in [3.05, 3.63) is 63.0 Å². The first-order valence-electron chi connectivity index (χ1n) is 7.11. The molecule has 5 heteroatoms. The van der Waals surface area contributed by atoms with E-state index in [1.807, 2.05) is 37.3 Å². The quantitative estimate of drug-likeness (QED) is 0.695. The second kappa shape index (κ2) is 5.85. The van der Waals surface area contributed by atoms with Gasteiger partial charge in [-0.2, -0.15) is 0 Å². The molecule has 0 aliphatic carbocycles. The van der Waals surface area contributed by atoms with Crippen molar-refractivity contribution in [1.29, 1.82) is 0 Å². The summed E-state index contributed by atoms with van der Waals surface area (Å²) in [5, 5.41) is 0.575. The Hall–Kier alpha value is -2.27. The molecule has 0 bridgehead atoms. The number of carbonyl (C=O) groups excluding carboxylic acids is 1. The number of ketones is 1. The highest BCUT2D eigenvalue weighted by atomic mass is 32.1. The first kappa shape index (κ1) is 14.7. The third-order valence-electron chi connectivity index (χ3n) is 3.72. The first-order valence-corrected chi connectivity index (χ1v) is 7.93. The van der Waals surface area contributed by atoms with Crippen molar-refractivity contribution < 1.29 is 4.79 Å². The molecule has 4 nitrogen and oxygen atoms in total. The van der Waals surface area contributed by atoms with Crippen LogP contribution in [0.1, 0.15) is 27.7 Å². The molecule has 0 aliphatic rings. The number of benzene rings is 1. The van der Waals surface area contributed by atoms with Crippen molar-refractivity contribution >= 4 is 27.3 Å². The number of nitrogens with zero attached hydrogens (tertiary/aromatic N) is 2. The summed E-state index contributed by atoms with van der Waals surface area (Å²) in [6, 6.07) is 10.0. The highest BCUT2D eigenvalue weighted by Crippen LogP contribution is 2.26. The van der Waals surface area contributed by atoms with E-state index in [9.17, 15) is 9.59 Å². The van der Waals surface area contributed by atoms with Crippen LogP contribution in [0.25, 0.3) is 10.2 Å². The van der Waals surface area contributed by atoms with Gasteiger partial charge in [-0.3, -0.25) is 14.2 Å². The Bertz CT molecular complexity index is 894. The predicted molar refractivity (Wildman–Crippen MR) is 88.8 cm³/mol. The van der Waals surface area contributed by atoms with Crippen LogP contribution in [0.5, 0.6) is 0 Å². The molecule has 0 atom stereocenters. The van der Waals surface area contributed by atoms with Crippen molar-refractivity contribution in [2.75, 3.05) is 0 Å². The van der Waals surface area contributed by atoms with Crippen LogP contribution in [0.15, 0.2) is 41.5 Å². The number of hydrogen-bond donors (Lipinski definition) is 0. The second-order valence-electron chi connectivity index (χ2n) is 5.27. The minimum Gasteiger partial charge on any atom is -0.298 e. The van der Waals surface area contributed by atoms with E-state index < -0.39 is 0 Å². The molecule has 0 unspecified atom stereocenters. The van der Waals surface area contributed by atoms with Gasteiger partial charge in [0.25, 0.3) is 5.56 Å². The molecule has 0 saturated carbocycles. The average molecular weight is 312 g/mol. The molecule has 0 spiro atoms. The largest absolute Gasteiger partial charge is 0.298 e. The molecule has 112 valence electrons. The van der Waals surface area contributed by atoms with Crippen LogP contribution in [0.2, 0.25) is 0 Å². The van der Waals surface area contributed by atoms with E-state index in [1.54, 1.807) is 10.9 Å². The van der Waals surface area contributed by atoms with E-state index in [2.05, 4.69) is 4.98 Å². The number of carbonyl (C=O) groups is 1. The van der Waals surface area contributed by atoms with Gasteiger partial charge in [0.05, 0.1) is 16.6 Å². The molecule has 0 radical (unpaired) electrons. The van der Waals surface area contributed by atoms with E-state index >= 15 is 0 Å². The van der Waals surface area contributed by atoms with Crippen LogP contribution in [0, 0.1) is 6.92 Å². The lowest BCUT2D eigenvalue weighted by Crippen LogP contribution is -2.21. The molecule has 1 aromatic carbocycles. The number of aryl methyl sites for hydroxylation is 3. The van der Waals surface area contributed by atoms with Crippen molar-refractivity contribution in [3.8, 4) is 0 Å². The predicted octanol–water partition coefficient (Wildman–Crippen LogP) is 3.21. The Morgan fingerprint density at radius 1 is 1.27 bits per heavy atom. The maximum absolute atomic E-state index is 12.6. The normalized spacial score (nSPS) is 11.0. The van der Waals surface area contributed by atoms with Crippen molar-refractivity contribution in [2.24, 2.45) is 0 Å². The highest BCUT2D eigenvalue weighted by Gasteiger charge is 2.16. The van der Waals surface area contributed by atoms with Gasteiger partial charge in [-0.1, -0.05) is 30.3 Å². The van der Waals surface area contributed by atoms with Gasteiger partial charge in [-0.15, -0.1) is 11.3 Å². The Morgan fingerprint density at radius 2 is 2.00 bits per heavy atom. The van der Waals surface area contributed by atoms with Crippen LogP contribution in [0.4, 0.5) is 0 Å². The minimum absolute atomic E-state index is 0.0178. The summed E-state index contributed by atoms with van der Waals surface area (Å²) in [4.78, 5) is 29.9. The lowest BCUT2D eigenvalue weighted by atomic mass is 10.1. The van der Waals surface area contributed by atoms with Gasteiger partial charge in [0, 0.05) is 6.54 Å². The Balaban J connectivity index is 1.98. The Kier molecular flexibility index (Phi) is 3.90. The fourth-order valence-electron chi connectivity index (χ4n) is 2.55. The van der Waals surface area contributed by atoms with Crippen LogP contribution < -0.4 is 5.56 Å². The van der Waals surface area contributed by atoms with Gasteiger partial charge in [-0.25, -0.2) is 4.98 Å². The van der Waals surface area contributed by atoms with Gasteiger partial charge >= 0.3 is 0 Å². The molecule has 3 rings (SSSR count). The van der Waals surface area contributed by atoms with Crippen LogP contribution in [-0.2, 0) is 13.0 Å². The standard InChI is InChI=1S/C17H16N2O2S/c1-11-14-16(22-15(11)12(2)20)18-10-19(17(14)21)9-8-13-6-4-3-5-7-13/h3-7,10H,8-9H2,1-2H3. The van der Waals surface area contributed by atoms with E-state index in [4.69, 9.17) is 0 Å². The minimum atomic E-state index is -0.0674. The smallest absolute Gasteiger partial charge is 0.262 e. The summed E-state index contributed by atoms with van der Waals surface area (Å²) in [6.07, 6.45) is 2.35. The zero-order valence-electron chi connectivity index (χ0n) is 12.5. The van der Waals surface area contributed by atoms with Gasteiger partial charge in [-0.05, 0) is 31.4 Å². The molecule has 0 amide bonds. The molecule has 0 aliphatic heterocycles. The van der Waals surface area contributed by atoms with Crippen molar-refractivity contribution in [1.82, 2.24) is 9.55 Å². The summed E-state index contributed by atoms with van der Waals surface area (Å²) in [7, 11) is 0. The maximum atomic E-state index is 12.6. The fourth-order valence-corrected chi connectivity index (χ4v) is 3.58. The SMILES string of the molecule is CC(=O)c1sc2ncn(CCc3ccccc3)c(=O)c2c1C. The highest BCUT2D eigenvalue weighted by molar-refractivity contribution is 7.20. The molecule has 2 aromatic heterocycles. The number of thiophene rings is 1. The van der Waals surface area contributed by atoms with Crippen molar-refractivity contribution in [3.63, 3.8) is 0 Å². The molecule has 22 heavy (non-hydrogen) atoms. The topological polar surface area (TPSA) is 52.0 Å². The van der Waals surface area contributed by atoms with E-state index in [0.29, 0.717) is 21.6 Å². The zero-order chi connectivity index (χ0) is 15.7. The lowest BCUT2D eigenvalue weighted by molar-refractivity contribution is 0.102. The summed E-state index contributed by atoms with van der Waals surface area (Å²) in [5.74, 6) is -0.0178. The average Bonchev–Trinajstić information content (AvgIpc) is 2.86. The summed E-state index contributed by atoms with van der Waals surface area (Å²) < 4.78 is 1.62. The number of aromatic nitrogens is 2. The molecule has 0 N–H and O–H groups in total. The molecular weight excluding hydrogens is 296 g/mol. The molecule has 2 heterocycles. The summed E-state index contributed by atoms with van der Waals surface area (Å²) in [6.45, 7) is 3.92. The molecule has 3 aromatic rings. The molecule has 0 saturated heterocycles. The van der Waals surface area contributed by atoms with Crippen LogP contribution >= 0.6 is 11.3 Å². The number of rotatable bonds is 4. The molecular formula is C17H16N2O2S. The Labute approximate surface area is 132 Å². The number of hydrogen-bond acceptors (Lipinski definition) is 4. The maximum Gasteiger partial charge on any atom is 0.262 e. The zero-order valence-corrected chi connectivity index (χ0v) is 13.3. The van der Waals surface area contributed by atoms with Crippen molar-refractivity contribution in [2.45, 2.75) is 26.8 Å².